The molecule has 2 unspecified atom stereocenters. The SMILES string of the molecule is CC(=O)OCC1CC1CO.Fc1ccccc1. The van der Waals surface area contributed by atoms with Gasteiger partial charge in [-0.3, -0.25) is 4.79 Å². The standard InChI is InChI=1S/C7H12O3.C6H5F/c1-5(9)10-4-7-2-6(7)3-8;7-6-4-2-1-3-5-6/h6-8H,2-4H2,1H3;1-5H. The number of carbonyl (C=O) groups excluding carboxylic acids is 1. The summed E-state index contributed by atoms with van der Waals surface area (Å²) in [5.41, 5.74) is 0. The molecule has 17 heavy (non-hydrogen) atoms. The zero-order valence-corrected chi connectivity index (χ0v) is 9.80. The molecular formula is C13H17FO3. The van der Waals surface area contributed by atoms with Crippen molar-refractivity contribution in [3.63, 3.8) is 0 Å². The number of carbonyl (C=O) groups is 1. The lowest BCUT2D eigenvalue weighted by Gasteiger charge is -1.98. The van der Waals surface area contributed by atoms with E-state index >= 15 is 0 Å². The summed E-state index contributed by atoms with van der Waals surface area (Å²) < 4.78 is 16.7. The van der Waals surface area contributed by atoms with Crippen LogP contribution in [0.15, 0.2) is 30.3 Å². The molecule has 1 fully saturated rings. The zero-order chi connectivity index (χ0) is 12.7. The molecular weight excluding hydrogens is 223 g/mol. The van der Waals surface area contributed by atoms with E-state index in [1.165, 1.54) is 19.1 Å². The molecule has 2 rings (SSSR count). The molecule has 1 aliphatic rings. The number of hydrogen-bond acceptors (Lipinski definition) is 3. The van der Waals surface area contributed by atoms with Crippen LogP contribution in [0.4, 0.5) is 4.39 Å². The lowest BCUT2D eigenvalue weighted by Crippen LogP contribution is -2.03. The Kier molecular flexibility index (Phi) is 5.63. The Morgan fingerprint density at radius 2 is 2.06 bits per heavy atom. The number of halogens is 1. The van der Waals surface area contributed by atoms with Gasteiger partial charge in [0.05, 0.1) is 6.61 Å². The number of ether oxygens (including phenoxy) is 1. The first-order chi connectivity index (χ1) is 8.13. The van der Waals surface area contributed by atoms with Gasteiger partial charge in [-0.15, -0.1) is 0 Å². The van der Waals surface area contributed by atoms with Gasteiger partial charge in [0.25, 0.3) is 0 Å². The molecule has 1 aliphatic carbocycles. The van der Waals surface area contributed by atoms with Crippen molar-refractivity contribution in [2.45, 2.75) is 13.3 Å². The Balaban J connectivity index is 0.000000181. The number of aliphatic hydroxyl groups excluding tert-OH is 1. The van der Waals surface area contributed by atoms with Gasteiger partial charge in [-0.1, -0.05) is 18.2 Å². The molecule has 0 heterocycles. The third-order valence-electron chi connectivity index (χ3n) is 2.54. The molecule has 1 aromatic carbocycles. The van der Waals surface area contributed by atoms with Gasteiger partial charge in [0, 0.05) is 13.5 Å². The highest BCUT2D eigenvalue weighted by Gasteiger charge is 2.36. The minimum Gasteiger partial charge on any atom is -0.466 e. The number of esters is 1. The van der Waals surface area contributed by atoms with Gasteiger partial charge in [-0.05, 0) is 30.4 Å². The summed E-state index contributed by atoms with van der Waals surface area (Å²) in [6, 6.07) is 7.94. The molecule has 0 saturated heterocycles. The highest BCUT2D eigenvalue weighted by atomic mass is 19.1. The Morgan fingerprint density at radius 3 is 2.41 bits per heavy atom. The molecule has 0 aromatic heterocycles. The molecule has 1 N–H and O–H groups in total. The van der Waals surface area contributed by atoms with Gasteiger partial charge in [0.2, 0.25) is 0 Å². The van der Waals surface area contributed by atoms with Crippen molar-refractivity contribution >= 4 is 5.97 Å². The fourth-order valence-electron chi connectivity index (χ4n) is 1.38. The fourth-order valence-corrected chi connectivity index (χ4v) is 1.38. The summed E-state index contributed by atoms with van der Waals surface area (Å²) in [6.45, 7) is 2.11. The summed E-state index contributed by atoms with van der Waals surface area (Å²) in [7, 11) is 0. The lowest BCUT2D eigenvalue weighted by molar-refractivity contribution is -0.141. The predicted octanol–water partition coefficient (Wildman–Crippen LogP) is 2.00. The lowest BCUT2D eigenvalue weighted by atomic mass is 10.3. The van der Waals surface area contributed by atoms with Crippen LogP contribution < -0.4 is 0 Å². The van der Waals surface area contributed by atoms with E-state index in [1.807, 2.05) is 0 Å². The molecule has 0 radical (unpaired) electrons. The molecule has 0 aliphatic heterocycles. The Bertz CT molecular complexity index is 340. The van der Waals surface area contributed by atoms with Crippen molar-refractivity contribution in [1.82, 2.24) is 0 Å². The maximum absolute atomic E-state index is 11.9. The van der Waals surface area contributed by atoms with Gasteiger partial charge in [0.1, 0.15) is 5.82 Å². The predicted molar refractivity (Wildman–Crippen MR) is 61.7 cm³/mol. The van der Waals surface area contributed by atoms with Crippen LogP contribution in [0.3, 0.4) is 0 Å². The minimum absolute atomic E-state index is 0.178. The van der Waals surface area contributed by atoms with Crippen molar-refractivity contribution in [2.24, 2.45) is 11.8 Å². The normalized spacial score (nSPS) is 21.1. The summed E-state index contributed by atoms with van der Waals surface area (Å²) in [5, 5.41) is 8.60. The highest BCUT2D eigenvalue weighted by Crippen LogP contribution is 2.37. The smallest absolute Gasteiger partial charge is 0.302 e. The first-order valence-corrected chi connectivity index (χ1v) is 5.58. The first-order valence-electron chi connectivity index (χ1n) is 5.58. The van der Waals surface area contributed by atoms with Gasteiger partial charge in [-0.25, -0.2) is 4.39 Å². The Labute approximate surface area is 100 Å². The van der Waals surface area contributed by atoms with Crippen LogP contribution >= 0.6 is 0 Å². The van der Waals surface area contributed by atoms with Crippen LogP contribution in [0.2, 0.25) is 0 Å². The van der Waals surface area contributed by atoms with E-state index in [0.717, 1.165) is 6.42 Å². The van der Waals surface area contributed by atoms with E-state index in [1.54, 1.807) is 18.2 Å². The molecule has 94 valence electrons. The molecule has 3 nitrogen and oxygen atoms in total. The average Bonchev–Trinajstić information content (AvgIpc) is 3.07. The van der Waals surface area contributed by atoms with Gasteiger partial charge in [0.15, 0.2) is 0 Å². The third-order valence-corrected chi connectivity index (χ3v) is 2.54. The van der Waals surface area contributed by atoms with Crippen LogP contribution in [-0.2, 0) is 9.53 Å². The van der Waals surface area contributed by atoms with Gasteiger partial charge in [-0.2, -0.15) is 0 Å². The van der Waals surface area contributed by atoms with E-state index in [0.29, 0.717) is 18.4 Å². The summed E-state index contributed by atoms with van der Waals surface area (Å²) in [4.78, 5) is 10.3. The molecule has 0 spiro atoms. The van der Waals surface area contributed by atoms with Gasteiger partial charge >= 0.3 is 5.97 Å². The van der Waals surface area contributed by atoms with Gasteiger partial charge < -0.3 is 9.84 Å². The van der Waals surface area contributed by atoms with Crippen molar-refractivity contribution in [3.05, 3.63) is 36.1 Å². The minimum atomic E-state index is -0.233. The maximum Gasteiger partial charge on any atom is 0.302 e. The fraction of sp³-hybridized carbons (Fsp3) is 0.462. The quantitative estimate of drug-likeness (QED) is 0.822. The summed E-state index contributed by atoms with van der Waals surface area (Å²) in [6.07, 6.45) is 1.00. The summed E-state index contributed by atoms with van der Waals surface area (Å²) in [5.74, 6) is 0.402. The van der Waals surface area contributed by atoms with Crippen molar-refractivity contribution in [2.75, 3.05) is 13.2 Å². The molecule has 2 atom stereocenters. The molecule has 0 bridgehead atoms. The van der Waals surface area contributed by atoms with Crippen LogP contribution in [0.5, 0.6) is 0 Å². The van der Waals surface area contributed by atoms with E-state index < -0.39 is 0 Å². The van der Waals surface area contributed by atoms with Crippen LogP contribution in [0.25, 0.3) is 0 Å². The maximum atomic E-state index is 11.9. The zero-order valence-electron chi connectivity index (χ0n) is 9.80. The molecule has 1 saturated carbocycles. The Morgan fingerprint density at radius 1 is 1.41 bits per heavy atom. The molecule has 1 aromatic rings. The molecule has 0 amide bonds. The number of rotatable bonds is 3. The second kappa shape index (κ2) is 7.01. The van der Waals surface area contributed by atoms with E-state index in [2.05, 4.69) is 0 Å². The Hall–Kier alpha value is -1.42. The monoisotopic (exact) mass is 240 g/mol. The second-order valence-corrected chi connectivity index (χ2v) is 4.04. The van der Waals surface area contributed by atoms with Crippen LogP contribution in [-0.4, -0.2) is 24.3 Å². The van der Waals surface area contributed by atoms with Crippen molar-refractivity contribution in [3.8, 4) is 0 Å². The average molecular weight is 240 g/mol. The third kappa shape index (κ3) is 6.02. The van der Waals surface area contributed by atoms with Crippen LogP contribution in [0, 0.1) is 17.7 Å². The second-order valence-electron chi connectivity index (χ2n) is 4.04. The largest absolute Gasteiger partial charge is 0.466 e. The summed E-state index contributed by atoms with van der Waals surface area (Å²) >= 11 is 0. The van der Waals surface area contributed by atoms with E-state index in [4.69, 9.17) is 9.84 Å². The van der Waals surface area contributed by atoms with Crippen molar-refractivity contribution in [1.29, 1.82) is 0 Å². The molecule has 4 heteroatoms. The number of hydrogen-bond donors (Lipinski definition) is 1. The van der Waals surface area contributed by atoms with Crippen molar-refractivity contribution < 1.29 is 19.0 Å². The first kappa shape index (κ1) is 13.6. The number of aliphatic hydroxyl groups is 1. The van der Waals surface area contributed by atoms with Crippen LogP contribution in [0.1, 0.15) is 13.3 Å². The van der Waals surface area contributed by atoms with E-state index in [-0.39, 0.29) is 18.4 Å². The van der Waals surface area contributed by atoms with E-state index in [9.17, 15) is 9.18 Å². The topological polar surface area (TPSA) is 46.5 Å². The highest BCUT2D eigenvalue weighted by molar-refractivity contribution is 5.65. The number of benzene rings is 1.